The van der Waals surface area contributed by atoms with E-state index in [0.29, 0.717) is 10.8 Å². The average molecular weight is 467 g/mol. The highest BCUT2D eigenvalue weighted by molar-refractivity contribution is 7.64. The molecule has 1 aromatic rings. The summed E-state index contributed by atoms with van der Waals surface area (Å²) in [6.45, 7) is -0.968. The van der Waals surface area contributed by atoms with E-state index < -0.39 is 65.5 Å². The van der Waals surface area contributed by atoms with Crippen molar-refractivity contribution in [1.82, 2.24) is 9.55 Å². The van der Waals surface area contributed by atoms with Crippen LogP contribution >= 0.6 is 23.5 Å². The highest BCUT2D eigenvalue weighted by Gasteiger charge is 2.44. The molecule has 2 unspecified atom stereocenters. The van der Waals surface area contributed by atoms with Crippen LogP contribution in [0.5, 0.6) is 0 Å². The zero-order valence-electron chi connectivity index (χ0n) is 13.3. The number of phosphoric ester groups is 1. The SMILES string of the molecule is Nc1nc(=O)n([C@H]2C[C@@H](COP(=O)([O-])OP(=O)([O-])OP(=O)([O-])[O-])[C@@H]2F)cc1F. The summed E-state index contributed by atoms with van der Waals surface area (Å²) in [5.74, 6) is -2.95. The Morgan fingerprint density at radius 3 is 2.36 bits per heavy atom. The van der Waals surface area contributed by atoms with Crippen LogP contribution in [0.2, 0.25) is 0 Å². The van der Waals surface area contributed by atoms with Crippen LogP contribution in [0, 0.1) is 11.7 Å². The highest BCUT2D eigenvalue weighted by atomic mass is 31.3. The quantitative estimate of drug-likeness (QED) is 0.396. The van der Waals surface area contributed by atoms with Crippen molar-refractivity contribution >= 4 is 29.3 Å². The predicted molar refractivity (Wildman–Crippen MR) is 75.8 cm³/mol. The molecule has 0 aliphatic heterocycles. The lowest BCUT2D eigenvalue weighted by atomic mass is 9.78. The first-order chi connectivity index (χ1) is 12.6. The van der Waals surface area contributed by atoms with Crippen molar-refractivity contribution in [1.29, 1.82) is 0 Å². The molecule has 1 aliphatic rings. The van der Waals surface area contributed by atoms with Crippen molar-refractivity contribution in [3.63, 3.8) is 0 Å². The number of nitrogen functional groups attached to an aromatic ring is 1. The Bertz CT molecular complexity index is 951. The third kappa shape index (κ3) is 5.97. The molecule has 2 N–H and O–H groups in total. The van der Waals surface area contributed by atoms with Crippen molar-refractivity contribution in [2.24, 2.45) is 5.92 Å². The van der Waals surface area contributed by atoms with Crippen LogP contribution in [0.3, 0.4) is 0 Å². The molecular weight excluding hydrogens is 457 g/mol. The number of phosphoric acid groups is 3. The Morgan fingerprint density at radius 2 is 1.82 bits per heavy atom. The van der Waals surface area contributed by atoms with Crippen molar-refractivity contribution < 1.29 is 55.2 Å². The van der Waals surface area contributed by atoms with Gasteiger partial charge in [0.05, 0.1) is 20.5 Å². The third-order valence-corrected chi connectivity index (χ3v) is 7.17. The largest absolute Gasteiger partial charge is 0.790 e. The fraction of sp³-hybridized carbons (Fsp3) is 0.556. The van der Waals surface area contributed by atoms with Crippen LogP contribution in [0.4, 0.5) is 14.6 Å². The van der Waals surface area contributed by atoms with Crippen LogP contribution in [0.1, 0.15) is 12.5 Å². The standard InChI is InChI=1S/C9H14F2N3O11P3/c10-5-2-14(9(15)13-8(5)12)6-1-4(7(6)11)3-23-27(19,20)25-28(21,22)24-26(16,17)18/h2,4,6-7H,1,3H2,(H,19,20)(H,21,22)(H2,12,13,15)(H2,16,17,18)/p-4/t4-,6-,7-/m0/s1. The molecule has 28 heavy (non-hydrogen) atoms. The predicted octanol–water partition coefficient (Wildman–Crippen LogP) is -2.32. The van der Waals surface area contributed by atoms with Gasteiger partial charge < -0.3 is 34.4 Å². The molecule has 0 bridgehead atoms. The molecule has 0 radical (unpaired) electrons. The fourth-order valence-corrected chi connectivity index (χ4v) is 5.19. The lowest BCUT2D eigenvalue weighted by molar-refractivity contribution is -0.339. The normalized spacial score (nSPS) is 26.9. The van der Waals surface area contributed by atoms with E-state index in [1.165, 1.54) is 0 Å². The van der Waals surface area contributed by atoms with E-state index in [4.69, 9.17) is 5.73 Å². The van der Waals surface area contributed by atoms with Gasteiger partial charge in [-0.3, -0.25) is 18.0 Å². The maximum Gasteiger partial charge on any atom is 0.350 e. The maximum atomic E-state index is 14.2. The van der Waals surface area contributed by atoms with E-state index in [1.807, 2.05) is 0 Å². The molecule has 1 aromatic heterocycles. The number of aromatic nitrogens is 2. The van der Waals surface area contributed by atoms with E-state index in [-0.39, 0.29) is 6.42 Å². The molecule has 1 aliphatic carbocycles. The topological polar surface area (TPSA) is 232 Å². The van der Waals surface area contributed by atoms with Gasteiger partial charge in [0.2, 0.25) is 0 Å². The van der Waals surface area contributed by atoms with Crippen molar-refractivity contribution in [3.8, 4) is 0 Å². The summed E-state index contributed by atoms with van der Waals surface area (Å²) in [5.41, 5.74) is 4.04. The van der Waals surface area contributed by atoms with Gasteiger partial charge in [-0.1, -0.05) is 0 Å². The minimum absolute atomic E-state index is 0.228. The Balaban J connectivity index is 1.95. The minimum atomic E-state index is -6.12. The molecule has 1 fully saturated rings. The van der Waals surface area contributed by atoms with Crippen LogP contribution in [-0.4, -0.2) is 22.3 Å². The van der Waals surface area contributed by atoms with Gasteiger partial charge in [-0.25, -0.2) is 17.9 Å². The Morgan fingerprint density at radius 1 is 1.21 bits per heavy atom. The van der Waals surface area contributed by atoms with E-state index in [1.54, 1.807) is 0 Å². The van der Waals surface area contributed by atoms with Crippen LogP contribution < -0.4 is 31.0 Å². The minimum Gasteiger partial charge on any atom is -0.790 e. The molecule has 0 spiro atoms. The van der Waals surface area contributed by atoms with Gasteiger partial charge >= 0.3 is 5.69 Å². The average Bonchev–Trinajstić information content (AvgIpc) is 2.46. The zero-order chi connectivity index (χ0) is 21.5. The Hall–Kier alpha value is -1.05. The summed E-state index contributed by atoms with van der Waals surface area (Å²) in [6, 6.07) is -1.21. The second-order valence-corrected chi connectivity index (χ2v) is 9.72. The monoisotopic (exact) mass is 467 g/mol. The van der Waals surface area contributed by atoms with Gasteiger partial charge in [0.25, 0.3) is 15.6 Å². The molecule has 19 heteroatoms. The number of nitrogens with zero attached hydrogens (tertiary/aromatic N) is 2. The number of halogens is 2. The number of rotatable bonds is 8. The first-order valence-electron chi connectivity index (χ1n) is 7.00. The molecule has 1 saturated carbocycles. The summed E-state index contributed by atoms with van der Waals surface area (Å²) < 4.78 is 71.1. The first-order valence-corrected chi connectivity index (χ1v) is 11.4. The molecule has 0 aromatic carbocycles. The van der Waals surface area contributed by atoms with E-state index in [2.05, 4.69) is 18.1 Å². The van der Waals surface area contributed by atoms with Gasteiger partial charge in [0.1, 0.15) is 6.17 Å². The summed E-state index contributed by atoms with van der Waals surface area (Å²) in [4.78, 5) is 57.5. The highest BCUT2D eigenvalue weighted by Crippen LogP contribution is 2.60. The van der Waals surface area contributed by atoms with Gasteiger partial charge in [-0.2, -0.15) is 4.98 Å². The van der Waals surface area contributed by atoms with Crippen molar-refractivity contribution in [2.75, 3.05) is 12.3 Å². The Labute approximate surface area is 154 Å². The van der Waals surface area contributed by atoms with Gasteiger partial charge in [0.15, 0.2) is 11.6 Å². The molecule has 0 saturated heterocycles. The van der Waals surface area contributed by atoms with Crippen molar-refractivity contribution in [2.45, 2.75) is 18.6 Å². The summed E-state index contributed by atoms with van der Waals surface area (Å²) >= 11 is 0. The molecule has 160 valence electrons. The Kier molecular flexibility index (Phi) is 6.63. The third-order valence-electron chi connectivity index (χ3n) is 3.50. The van der Waals surface area contributed by atoms with Crippen LogP contribution in [0.15, 0.2) is 11.0 Å². The molecule has 0 amide bonds. The van der Waals surface area contributed by atoms with E-state index in [0.717, 1.165) is 0 Å². The number of nitrogens with two attached hydrogens (primary N) is 1. The second kappa shape index (κ2) is 8.00. The smallest absolute Gasteiger partial charge is 0.350 e. The number of hydrogen-bond acceptors (Lipinski definition) is 13. The van der Waals surface area contributed by atoms with Gasteiger partial charge in [-0.05, 0) is 6.42 Å². The molecule has 2 rings (SSSR count). The number of alkyl halides is 1. The number of hydrogen-bond donors (Lipinski definition) is 1. The lowest BCUT2D eigenvalue weighted by Gasteiger charge is -2.41. The molecular formula is C9H10F2N3O11P3-4. The van der Waals surface area contributed by atoms with Crippen molar-refractivity contribution in [3.05, 3.63) is 22.5 Å². The fourth-order valence-electron chi connectivity index (χ4n) is 2.28. The van der Waals surface area contributed by atoms with E-state index in [9.17, 15) is 46.8 Å². The van der Waals surface area contributed by atoms with Crippen LogP contribution in [-0.2, 0) is 26.8 Å². The van der Waals surface area contributed by atoms with E-state index >= 15 is 0 Å². The summed E-state index contributed by atoms with van der Waals surface area (Å²) in [5, 5.41) is 0. The summed E-state index contributed by atoms with van der Waals surface area (Å²) in [7, 11) is -18.0. The maximum absolute atomic E-state index is 14.2. The second-order valence-electron chi connectivity index (χ2n) is 5.47. The van der Waals surface area contributed by atoms with Gasteiger partial charge in [-0.15, -0.1) is 0 Å². The number of anilines is 1. The molecule has 14 nitrogen and oxygen atoms in total. The summed E-state index contributed by atoms with van der Waals surface area (Å²) in [6.07, 6.45) is -1.52. The van der Waals surface area contributed by atoms with Gasteiger partial charge in [0, 0.05) is 12.1 Å². The zero-order valence-corrected chi connectivity index (χ0v) is 16.0. The lowest BCUT2D eigenvalue weighted by Crippen LogP contribution is -2.46. The molecule has 5 atom stereocenters. The first kappa shape index (κ1) is 23.2. The van der Waals surface area contributed by atoms with Crippen LogP contribution in [0.25, 0.3) is 0 Å². The molecule has 1 heterocycles.